The van der Waals surface area contributed by atoms with Crippen molar-refractivity contribution in [2.75, 3.05) is 13.2 Å². The van der Waals surface area contributed by atoms with Gasteiger partial charge in [-0.25, -0.2) is 0 Å². The zero-order valence-electron chi connectivity index (χ0n) is 9.03. The molecule has 0 spiro atoms. The normalized spacial score (nSPS) is 15.8. The molecule has 2 rings (SSSR count). The van der Waals surface area contributed by atoms with Crippen LogP contribution in [0, 0.1) is 5.92 Å². The van der Waals surface area contributed by atoms with Crippen molar-refractivity contribution in [1.29, 1.82) is 0 Å². The lowest BCUT2D eigenvalue weighted by atomic mass is 10.0. The minimum Gasteiger partial charge on any atom is -0.486 e. The molecule has 80 valence electrons. The summed E-state index contributed by atoms with van der Waals surface area (Å²) in [6.45, 7) is 7.24. The first-order chi connectivity index (χ1) is 7.29. The molecule has 1 aromatic rings. The summed E-state index contributed by atoms with van der Waals surface area (Å²) in [6, 6.07) is 6.14. The zero-order chi connectivity index (χ0) is 10.7. The van der Waals surface area contributed by atoms with E-state index in [-0.39, 0.29) is 0 Å². The highest BCUT2D eigenvalue weighted by Crippen LogP contribution is 2.31. The second kappa shape index (κ2) is 4.39. The molecule has 1 heterocycles. The SMILES string of the molecule is C=CC(C)Cc1ccc2c(c1)OCCO2. The minimum atomic E-state index is 0.493. The van der Waals surface area contributed by atoms with Crippen LogP contribution in [0.25, 0.3) is 0 Å². The van der Waals surface area contributed by atoms with E-state index in [0.29, 0.717) is 19.1 Å². The van der Waals surface area contributed by atoms with Gasteiger partial charge in [0.15, 0.2) is 11.5 Å². The third-order valence-corrected chi connectivity index (χ3v) is 2.57. The molecule has 1 unspecified atom stereocenters. The van der Waals surface area contributed by atoms with Crippen molar-refractivity contribution in [2.24, 2.45) is 5.92 Å². The molecule has 0 saturated carbocycles. The fourth-order valence-corrected chi connectivity index (χ4v) is 1.67. The van der Waals surface area contributed by atoms with Gasteiger partial charge in [0.1, 0.15) is 13.2 Å². The topological polar surface area (TPSA) is 18.5 Å². The first-order valence-electron chi connectivity index (χ1n) is 5.30. The van der Waals surface area contributed by atoms with E-state index < -0.39 is 0 Å². The summed E-state index contributed by atoms with van der Waals surface area (Å²) in [7, 11) is 0. The lowest BCUT2D eigenvalue weighted by Gasteiger charge is -2.19. The first kappa shape index (κ1) is 10.1. The van der Waals surface area contributed by atoms with Crippen molar-refractivity contribution >= 4 is 0 Å². The standard InChI is InChI=1S/C13H16O2/c1-3-10(2)8-11-4-5-12-13(9-11)15-7-6-14-12/h3-5,9-10H,1,6-8H2,2H3. The molecule has 0 aliphatic carbocycles. The quantitative estimate of drug-likeness (QED) is 0.705. The third-order valence-electron chi connectivity index (χ3n) is 2.57. The van der Waals surface area contributed by atoms with Gasteiger partial charge in [-0.05, 0) is 30.0 Å². The molecular formula is C13H16O2. The predicted octanol–water partition coefficient (Wildman–Crippen LogP) is 2.82. The molecule has 2 heteroatoms. The second-order valence-electron chi connectivity index (χ2n) is 3.90. The van der Waals surface area contributed by atoms with Gasteiger partial charge in [0.05, 0.1) is 0 Å². The van der Waals surface area contributed by atoms with Crippen LogP contribution in [0.4, 0.5) is 0 Å². The van der Waals surface area contributed by atoms with Crippen LogP contribution in [-0.4, -0.2) is 13.2 Å². The van der Waals surface area contributed by atoms with E-state index in [2.05, 4.69) is 25.6 Å². The summed E-state index contributed by atoms with van der Waals surface area (Å²) in [5, 5.41) is 0. The van der Waals surface area contributed by atoms with Crippen LogP contribution in [0.15, 0.2) is 30.9 Å². The van der Waals surface area contributed by atoms with E-state index in [1.807, 2.05) is 12.1 Å². The molecule has 0 saturated heterocycles. The average Bonchev–Trinajstić information content (AvgIpc) is 2.29. The van der Waals surface area contributed by atoms with E-state index in [1.54, 1.807) is 0 Å². The van der Waals surface area contributed by atoms with Crippen LogP contribution in [0.3, 0.4) is 0 Å². The molecule has 0 aromatic heterocycles. The average molecular weight is 204 g/mol. The summed E-state index contributed by atoms with van der Waals surface area (Å²) in [4.78, 5) is 0. The highest BCUT2D eigenvalue weighted by atomic mass is 16.6. The third kappa shape index (κ3) is 2.32. The molecule has 0 radical (unpaired) electrons. The fraction of sp³-hybridized carbons (Fsp3) is 0.385. The van der Waals surface area contributed by atoms with Gasteiger partial charge in [0, 0.05) is 0 Å². The van der Waals surface area contributed by atoms with Crippen LogP contribution < -0.4 is 9.47 Å². The monoisotopic (exact) mass is 204 g/mol. The number of fused-ring (bicyclic) bond motifs is 1. The van der Waals surface area contributed by atoms with Crippen molar-refractivity contribution < 1.29 is 9.47 Å². The molecule has 0 amide bonds. The van der Waals surface area contributed by atoms with E-state index in [0.717, 1.165) is 17.9 Å². The maximum atomic E-state index is 5.53. The van der Waals surface area contributed by atoms with E-state index >= 15 is 0 Å². The molecule has 0 fully saturated rings. The Labute approximate surface area is 90.5 Å². The van der Waals surface area contributed by atoms with Gasteiger partial charge in [-0.3, -0.25) is 0 Å². The van der Waals surface area contributed by atoms with Crippen molar-refractivity contribution in [3.8, 4) is 11.5 Å². The van der Waals surface area contributed by atoms with E-state index in [4.69, 9.17) is 9.47 Å². The fourth-order valence-electron chi connectivity index (χ4n) is 1.67. The molecule has 15 heavy (non-hydrogen) atoms. The Kier molecular flexibility index (Phi) is 2.95. The molecule has 1 aliphatic rings. The van der Waals surface area contributed by atoms with Gasteiger partial charge >= 0.3 is 0 Å². The Morgan fingerprint density at radius 1 is 1.33 bits per heavy atom. The molecular weight excluding hydrogens is 188 g/mol. The molecule has 0 bridgehead atoms. The number of allylic oxidation sites excluding steroid dienone is 1. The lowest BCUT2D eigenvalue weighted by molar-refractivity contribution is 0.171. The van der Waals surface area contributed by atoms with Crippen molar-refractivity contribution in [2.45, 2.75) is 13.3 Å². The van der Waals surface area contributed by atoms with Crippen molar-refractivity contribution in [3.63, 3.8) is 0 Å². The van der Waals surface area contributed by atoms with Gasteiger partial charge in [0.2, 0.25) is 0 Å². The summed E-state index contributed by atoms with van der Waals surface area (Å²) < 4.78 is 11.0. The molecule has 1 atom stereocenters. The summed E-state index contributed by atoms with van der Waals surface area (Å²) in [5.74, 6) is 2.22. The molecule has 1 aromatic carbocycles. The molecule has 0 N–H and O–H groups in total. The van der Waals surface area contributed by atoms with Crippen molar-refractivity contribution in [1.82, 2.24) is 0 Å². The Morgan fingerprint density at radius 3 is 2.80 bits per heavy atom. The summed E-state index contributed by atoms with van der Waals surface area (Å²) >= 11 is 0. The second-order valence-corrected chi connectivity index (χ2v) is 3.90. The first-order valence-corrected chi connectivity index (χ1v) is 5.30. The van der Waals surface area contributed by atoms with E-state index in [9.17, 15) is 0 Å². The Bertz CT molecular complexity index is 358. The van der Waals surface area contributed by atoms with Crippen LogP contribution >= 0.6 is 0 Å². The predicted molar refractivity (Wildman–Crippen MR) is 60.5 cm³/mol. The lowest BCUT2D eigenvalue weighted by Crippen LogP contribution is -2.15. The highest BCUT2D eigenvalue weighted by molar-refractivity contribution is 5.43. The van der Waals surface area contributed by atoms with E-state index in [1.165, 1.54) is 5.56 Å². The van der Waals surface area contributed by atoms with Gasteiger partial charge in [-0.15, -0.1) is 6.58 Å². The Hall–Kier alpha value is -1.44. The smallest absolute Gasteiger partial charge is 0.161 e. The zero-order valence-corrected chi connectivity index (χ0v) is 9.03. The van der Waals surface area contributed by atoms with Gasteiger partial charge in [-0.2, -0.15) is 0 Å². The largest absolute Gasteiger partial charge is 0.486 e. The maximum absolute atomic E-state index is 5.53. The van der Waals surface area contributed by atoms with Crippen LogP contribution in [0.5, 0.6) is 11.5 Å². The van der Waals surface area contributed by atoms with Gasteiger partial charge in [0.25, 0.3) is 0 Å². The van der Waals surface area contributed by atoms with Gasteiger partial charge in [-0.1, -0.05) is 19.1 Å². The molecule has 2 nitrogen and oxygen atoms in total. The number of hydrogen-bond donors (Lipinski definition) is 0. The minimum absolute atomic E-state index is 0.493. The van der Waals surface area contributed by atoms with Crippen LogP contribution in [0.1, 0.15) is 12.5 Å². The van der Waals surface area contributed by atoms with Crippen LogP contribution in [0.2, 0.25) is 0 Å². The molecule has 1 aliphatic heterocycles. The van der Waals surface area contributed by atoms with Crippen LogP contribution in [-0.2, 0) is 6.42 Å². The number of rotatable bonds is 3. The highest BCUT2D eigenvalue weighted by Gasteiger charge is 2.11. The summed E-state index contributed by atoms with van der Waals surface area (Å²) in [5.41, 5.74) is 1.27. The number of hydrogen-bond acceptors (Lipinski definition) is 2. The maximum Gasteiger partial charge on any atom is 0.161 e. The van der Waals surface area contributed by atoms with Gasteiger partial charge < -0.3 is 9.47 Å². The Morgan fingerprint density at radius 2 is 2.07 bits per heavy atom. The summed E-state index contributed by atoms with van der Waals surface area (Å²) in [6.07, 6.45) is 2.97. The number of ether oxygens (including phenoxy) is 2. The number of benzene rings is 1. The Balaban J connectivity index is 2.16. The van der Waals surface area contributed by atoms with Crippen molar-refractivity contribution in [3.05, 3.63) is 36.4 Å².